The van der Waals surface area contributed by atoms with Crippen molar-refractivity contribution in [3.8, 4) is 0 Å². The van der Waals surface area contributed by atoms with Crippen molar-refractivity contribution in [1.82, 2.24) is 4.90 Å². The molecule has 0 aromatic carbocycles. The molecule has 0 heterocycles. The van der Waals surface area contributed by atoms with Crippen molar-refractivity contribution >= 4 is 17.2 Å². The Morgan fingerprint density at radius 3 is 2.36 bits per heavy atom. The summed E-state index contributed by atoms with van der Waals surface area (Å²) in [6, 6.07) is 0.720. The van der Waals surface area contributed by atoms with Crippen molar-refractivity contribution in [3.05, 3.63) is 0 Å². The Kier molecular flexibility index (Phi) is 4.82. The molecule has 2 nitrogen and oxygen atoms in total. The molecule has 0 aromatic heterocycles. The van der Waals surface area contributed by atoms with E-state index in [0.29, 0.717) is 4.99 Å². The molecule has 1 fully saturated rings. The minimum absolute atomic E-state index is 0.630. The van der Waals surface area contributed by atoms with Crippen molar-refractivity contribution in [2.24, 2.45) is 11.7 Å². The molecule has 0 bridgehead atoms. The van der Waals surface area contributed by atoms with Crippen LogP contribution < -0.4 is 5.73 Å². The van der Waals surface area contributed by atoms with Crippen LogP contribution >= 0.6 is 12.2 Å². The minimum Gasteiger partial charge on any atom is -0.392 e. The largest absolute Gasteiger partial charge is 0.392 e. The van der Waals surface area contributed by atoms with Crippen LogP contribution in [0.4, 0.5) is 0 Å². The summed E-state index contributed by atoms with van der Waals surface area (Å²) in [6.07, 6.45) is 5.35. The van der Waals surface area contributed by atoms with Crippen LogP contribution in [0, 0.1) is 5.92 Å². The van der Waals surface area contributed by atoms with E-state index in [4.69, 9.17) is 18.0 Å². The van der Waals surface area contributed by atoms with Gasteiger partial charge in [0, 0.05) is 12.6 Å². The van der Waals surface area contributed by atoms with Gasteiger partial charge in [-0.3, -0.25) is 4.90 Å². The molecule has 0 aromatic rings. The molecule has 0 unspecified atom stereocenters. The smallest absolute Gasteiger partial charge is 0.0870 e. The maximum atomic E-state index is 5.59. The summed E-state index contributed by atoms with van der Waals surface area (Å²) in [4.78, 5) is 3.05. The molecule has 1 rings (SSSR count). The van der Waals surface area contributed by atoms with E-state index >= 15 is 0 Å². The standard InChI is InChI=1S/C11H22N2S/c1-3-13(8-11(12)14)10-6-4-9(2)5-7-10/h9-10H,3-8H2,1-2H3,(H2,12,14). The van der Waals surface area contributed by atoms with E-state index in [-0.39, 0.29) is 0 Å². The molecule has 0 radical (unpaired) electrons. The Bertz CT molecular complexity index is 186. The molecule has 0 aliphatic heterocycles. The molecular formula is C11H22N2S. The molecule has 14 heavy (non-hydrogen) atoms. The van der Waals surface area contributed by atoms with Gasteiger partial charge < -0.3 is 5.73 Å². The Balaban J connectivity index is 2.40. The summed E-state index contributed by atoms with van der Waals surface area (Å²) in [5.41, 5.74) is 5.59. The molecule has 0 atom stereocenters. The second-order valence-electron chi connectivity index (χ2n) is 4.44. The molecule has 82 valence electrons. The van der Waals surface area contributed by atoms with Crippen molar-refractivity contribution in [1.29, 1.82) is 0 Å². The molecule has 0 spiro atoms. The molecule has 3 heteroatoms. The van der Waals surface area contributed by atoms with Crippen LogP contribution in [0.5, 0.6) is 0 Å². The third kappa shape index (κ3) is 3.54. The average molecular weight is 214 g/mol. The first-order valence-corrected chi connectivity index (χ1v) is 6.06. The second kappa shape index (κ2) is 5.66. The van der Waals surface area contributed by atoms with E-state index in [1.54, 1.807) is 0 Å². The predicted octanol–water partition coefficient (Wildman–Crippen LogP) is 2.17. The molecule has 1 saturated carbocycles. The third-order valence-electron chi connectivity index (χ3n) is 3.27. The average Bonchev–Trinajstić information content (AvgIpc) is 2.15. The van der Waals surface area contributed by atoms with Crippen LogP contribution in [-0.2, 0) is 0 Å². The number of likely N-dealkylation sites (N-methyl/N-ethyl adjacent to an activating group) is 1. The zero-order valence-electron chi connectivity index (χ0n) is 9.33. The van der Waals surface area contributed by atoms with Gasteiger partial charge >= 0.3 is 0 Å². The number of nitrogens with two attached hydrogens (primary N) is 1. The summed E-state index contributed by atoms with van der Waals surface area (Å²) in [5.74, 6) is 0.912. The molecule has 1 aliphatic carbocycles. The van der Waals surface area contributed by atoms with E-state index in [9.17, 15) is 0 Å². The number of hydrogen-bond acceptors (Lipinski definition) is 2. The van der Waals surface area contributed by atoms with Crippen LogP contribution in [-0.4, -0.2) is 29.0 Å². The second-order valence-corrected chi connectivity index (χ2v) is 4.97. The van der Waals surface area contributed by atoms with Crippen molar-refractivity contribution < 1.29 is 0 Å². The predicted molar refractivity (Wildman–Crippen MR) is 65.5 cm³/mol. The van der Waals surface area contributed by atoms with Crippen LogP contribution in [0.2, 0.25) is 0 Å². The maximum Gasteiger partial charge on any atom is 0.0870 e. The number of nitrogens with zero attached hydrogens (tertiary/aromatic N) is 1. The normalized spacial score (nSPS) is 27.9. The molecule has 1 aliphatic rings. The van der Waals surface area contributed by atoms with E-state index in [2.05, 4.69) is 18.7 Å². The molecule has 0 saturated heterocycles. The molecule has 2 N–H and O–H groups in total. The first-order valence-electron chi connectivity index (χ1n) is 5.65. The van der Waals surface area contributed by atoms with Gasteiger partial charge in [-0.1, -0.05) is 26.1 Å². The fourth-order valence-corrected chi connectivity index (χ4v) is 2.47. The Hall–Kier alpha value is -0.150. The Morgan fingerprint density at radius 1 is 1.36 bits per heavy atom. The number of thiocarbonyl (C=S) groups is 1. The van der Waals surface area contributed by atoms with Crippen molar-refractivity contribution in [2.45, 2.75) is 45.6 Å². The van der Waals surface area contributed by atoms with Crippen LogP contribution in [0.1, 0.15) is 39.5 Å². The summed E-state index contributed by atoms with van der Waals surface area (Å²) in [7, 11) is 0. The maximum absolute atomic E-state index is 5.59. The Morgan fingerprint density at radius 2 is 1.93 bits per heavy atom. The van der Waals surface area contributed by atoms with Gasteiger partial charge in [0.15, 0.2) is 0 Å². The van der Waals surface area contributed by atoms with Gasteiger partial charge in [0.25, 0.3) is 0 Å². The summed E-state index contributed by atoms with van der Waals surface area (Å²) in [6.45, 7) is 6.40. The topological polar surface area (TPSA) is 29.3 Å². The molecular weight excluding hydrogens is 192 g/mol. The monoisotopic (exact) mass is 214 g/mol. The van der Waals surface area contributed by atoms with Gasteiger partial charge in [-0.15, -0.1) is 0 Å². The lowest BCUT2D eigenvalue weighted by molar-refractivity contribution is 0.165. The van der Waals surface area contributed by atoms with Crippen LogP contribution in [0.25, 0.3) is 0 Å². The zero-order chi connectivity index (χ0) is 10.6. The lowest BCUT2D eigenvalue weighted by Crippen LogP contribution is -2.42. The fraction of sp³-hybridized carbons (Fsp3) is 0.909. The number of rotatable bonds is 4. The van der Waals surface area contributed by atoms with Gasteiger partial charge in [0.05, 0.1) is 4.99 Å². The first-order chi connectivity index (χ1) is 6.63. The SMILES string of the molecule is CCN(CC(N)=S)C1CCC(C)CC1. The van der Waals surface area contributed by atoms with Gasteiger partial charge in [-0.2, -0.15) is 0 Å². The van der Waals surface area contributed by atoms with Gasteiger partial charge in [-0.25, -0.2) is 0 Å². The summed E-state index contributed by atoms with van der Waals surface area (Å²) in [5, 5.41) is 0. The van der Waals surface area contributed by atoms with Crippen molar-refractivity contribution in [2.75, 3.05) is 13.1 Å². The minimum atomic E-state index is 0.630. The lowest BCUT2D eigenvalue weighted by Gasteiger charge is -2.35. The van der Waals surface area contributed by atoms with Crippen LogP contribution in [0.15, 0.2) is 0 Å². The third-order valence-corrected chi connectivity index (χ3v) is 3.40. The van der Waals surface area contributed by atoms with Gasteiger partial charge in [0.1, 0.15) is 0 Å². The van der Waals surface area contributed by atoms with Crippen molar-refractivity contribution in [3.63, 3.8) is 0 Å². The summed E-state index contributed by atoms with van der Waals surface area (Å²) < 4.78 is 0. The summed E-state index contributed by atoms with van der Waals surface area (Å²) >= 11 is 4.97. The lowest BCUT2D eigenvalue weighted by atomic mass is 9.86. The van der Waals surface area contributed by atoms with Gasteiger partial charge in [-0.05, 0) is 38.1 Å². The van der Waals surface area contributed by atoms with E-state index in [1.165, 1.54) is 25.7 Å². The number of hydrogen-bond donors (Lipinski definition) is 1. The highest BCUT2D eigenvalue weighted by Crippen LogP contribution is 2.26. The van der Waals surface area contributed by atoms with E-state index in [1.807, 2.05) is 0 Å². The van der Waals surface area contributed by atoms with E-state index < -0.39 is 0 Å². The Labute approximate surface area is 92.8 Å². The first kappa shape index (κ1) is 11.9. The zero-order valence-corrected chi connectivity index (χ0v) is 10.1. The van der Waals surface area contributed by atoms with Crippen LogP contribution in [0.3, 0.4) is 0 Å². The molecule has 0 amide bonds. The van der Waals surface area contributed by atoms with Gasteiger partial charge in [0.2, 0.25) is 0 Å². The highest BCUT2D eigenvalue weighted by Gasteiger charge is 2.22. The van der Waals surface area contributed by atoms with E-state index in [0.717, 1.165) is 25.0 Å². The highest BCUT2D eigenvalue weighted by atomic mass is 32.1. The highest BCUT2D eigenvalue weighted by molar-refractivity contribution is 7.80. The quantitative estimate of drug-likeness (QED) is 0.727. The fourth-order valence-electron chi connectivity index (χ4n) is 2.31.